The molecule has 18 heavy (non-hydrogen) atoms. The molecule has 1 aromatic carbocycles. The van der Waals surface area contributed by atoms with Crippen LogP contribution in [0.25, 0.3) is 0 Å². The summed E-state index contributed by atoms with van der Waals surface area (Å²) in [4.78, 5) is 12.1. The van der Waals surface area contributed by atoms with Gasteiger partial charge in [-0.25, -0.2) is 0 Å². The van der Waals surface area contributed by atoms with E-state index in [0.717, 1.165) is 12.1 Å². The molecule has 1 unspecified atom stereocenters. The summed E-state index contributed by atoms with van der Waals surface area (Å²) in [5.41, 5.74) is 0.735. The van der Waals surface area contributed by atoms with Crippen LogP contribution in [0.15, 0.2) is 24.3 Å². The van der Waals surface area contributed by atoms with Crippen LogP contribution in [0.4, 0.5) is 5.69 Å². The number of amides is 1. The summed E-state index contributed by atoms with van der Waals surface area (Å²) in [7, 11) is 1.85. The molecule has 1 atom stereocenters. The van der Waals surface area contributed by atoms with Crippen LogP contribution in [-0.4, -0.2) is 26.1 Å². The maximum atomic E-state index is 12.1. The van der Waals surface area contributed by atoms with Gasteiger partial charge in [0.05, 0.1) is 18.2 Å². The Balaban J connectivity index is 2.74. The Hall–Kier alpha value is -1.55. The highest BCUT2D eigenvalue weighted by Crippen LogP contribution is 2.24. The van der Waals surface area contributed by atoms with Crippen LogP contribution in [0.3, 0.4) is 0 Å². The van der Waals surface area contributed by atoms with E-state index in [2.05, 4.69) is 10.6 Å². The first-order valence-corrected chi connectivity index (χ1v) is 6.40. The van der Waals surface area contributed by atoms with Crippen molar-refractivity contribution in [2.75, 3.05) is 25.5 Å². The number of benzene rings is 1. The fourth-order valence-corrected chi connectivity index (χ4v) is 1.75. The monoisotopic (exact) mass is 250 g/mol. The van der Waals surface area contributed by atoms with Gasteiger partial charge in [0.1, 0.15) is 5.75 Å². The molecule has 4 nitrogen and oxygen atoms in total. The number of carbonyl (C=O) groups is 1. The van der Waals surface area contributed by atoms with E-state index in [9.17, 15) is 4.79 Å². The fraction of sp³-hybridized carbons (Fsp3) is 0.500. The molecule has 0 aliphatic heterocycles. The van der Waals surface area contributed by atoms with Gasteiger partial charge in [-0.1, -0.05) is 19.1 Å². The summed E-state index contributed by atoms with van der Waals surface area (Å²) in [6, 6.07) is 7.50. The van der Waals surface area contributed by atoms with Crippen molar-refractivity contribution in [2.45, 2.75) is 20.3 Å². The van der Waals surface area contributed by atoms with Crippen molar-refractivity contribution in [3.05, 3.63) is 24.3 Å². The fourth-order valence-electron chi connectivity index (χ4n) is 1.75. The average molecular weight is 250 g/mol. The number of nitrogens with one attached hydrogen (secondary N) is 2. The highest BCUT2D eigenvalue weighted by atomic mass is 16.5. The molecular weight excluding hydrogens is 228 g/mol. The van der Waals surface area contributed by atoms with E-state index in [4.69, 9.17) is 4.74 Å². The van der Waals surface area contributed by atoms with Crippen molar-refractivity contribution in [3.63, 3.8) is 0 Å². The van der Waals surface area contributed by atoms with E-state index in [-0.39, 0.29) is 11.8 Å². The molecule has 0 aromatic heterocycles. The second kappa shape index (κ2) is 7.71. The van der Waals surface area contributed by atoms with Crippen LogP contribution in [0.2, 0.25) is 0 Å². The normalized spacial score (nSPS) is 11.9. The molecule has 0 aliphatic rings. The second-order valence-electron chi connectivity index (χ2n) is 4.08. The Morgan fingerprint density at radius 1 is 1.33 bits per heavy atom. The quantitative estimate of drug-likeness (QED) is 0.780. The molecule has 1 rings (SSSR count). The predicted octanol–water partition coefficient (Wildman–Crippen LogP) is 2.27. The Morgan fingerprint density at radius 3 is 2.67 bits per heavy atom. The van der Waals surface area contributed by atoms with Gasteiger partial charge in [-0.3, -0.25) is 4.79 Å². The van der Waals surface area contributed by atoms with Crippen molar-refractivity contribution < 1.29 is 9.53 Å². The van der Waals surface area contributed by atoms with E-state index >= 15 is 0 Å². The van der Waals surface area contributed by atoms with Crippen LogP contribution in [-0.2, 0) is 4.79 Å². The molecule has 0 bridgehead atoms. The maximum absolute atomic E-state index is 12.1. The van der Waals surface area contributed by atoms with Gasteiger partial charge >= 0.3 is 0 Å². The molecule has 0 fully saturated rings. The van der Waals surface area contributed by atoms with Crippen molar-refractivity contribution in [1.29, 1.82) is 0 Å². The predicted molar refractivity (Wildman–Crippen MR) is 73.9 cm³/mol. The third-order valence-electron chi connectivity index (χ3n) is 2.76. The lowest BCUT2D eigenvalue weighted by Crippen LogP contribution is -2.30. The lowest BCUT2D eigenvalue weighted by atomic mass is 10.1. The van der Waals surface area contributed by atoms with Crippen LogP contribution < -0.4 is 15.4 Å². The first-order chi connectivity index (χ1) is 8.72. The van der Waals surface area contributed by atoms with E-state index < -0.39 is 0 Å². The molecule has 0 heterocycles. The Morgan fingerprint density at radius 2 is 2.06 bits per heavy atom. The molecule has 1 aromatic rings. The summed E-state index contributed by atoms with van der Waals surface area (Å²) in [5, 5.41) is 5.96. The zero-order valence-corrected chi connectivity index (χ0v) is 11.3. The minimum atomic E-state index is -0.0234. The highest BCUT2D eigenvalue weighted by molar-refractivity contribution is 5.94. The summed E-state index contributed by atoms with van der Waals surface area (Å²) in [6.45, 7) is 5.20. The summed E-state index contributed by atoms with van der Waals surface area (Å²) in [5.74, 6) is 0.719. The number of para-hydroxylation sites is 2. The summed E-state index contributed by atoms with van der Waals surface area (Å²) in [6.07, 6.45) is 0.809. The maximum Gasteiger partial charge on any atom is 0.228 e. The number of anilines is 1. The first-order valence-electron chi connectivity index (χ1n) is 6.40. The van der Waals surface area contributed by atoms with E-state index in [1.165, 1.54) is 0 Å². The minimum absolute atomic E-state index is 0.0234. The van der Waals surface area contributed by atoms with Gasteiger partial charge in [-0.2, -0.15) is 0 Å². The standard InChI is InChI=1S/C14H22N2O2/c1-4-11(10-15-3)14(17)16-12-8-6-7-9-13(12)18-5-2/h6-9,11,15H,4-5,10H2,1-3H3,(H,16,17). The number of ether oxygens (including phenoxy) is 1. The Kier molecular flexibility index (Phi) is 6.22. The number of rotatable bonds is 7. The summed E-state index contributed by atoms with van der Waals surface area (Å²) >= 11 is 0. The van der Waals surface area contributed by atoms with Crippen LogP contribution in [0.1, 0.15) is 20.3 Å². The molecule has 100 valence electrons. The Labute approximate surface area is 109 Å². The van der Waals surface area contributed by atoms with Gasteiger partial charge in [0, 0.05) is 6.54 Å². The summed E-state index contributed by atoms with van der Waals surface area (Å²) < 4.78 is 5.48. The van der Waals surface area contributed by atoms with E-state index in [1.807, 2.05) is 45.2 Å². The number of hydrogen-bond acceptors (Lipinski definition) is 3. The van der Waals surface area contributed by atoms with E-state index in [1.54, 1.807) is 0 Å². The Bertz CT molecular complexity index is 380. The van der Waals surface area contributed by atoms with Gasteiger partial charge in [-0.15, -0.1) is 0 Å². The van der Waals surface area contributed by atoms with Gasteiger partial charge in [0.25, 0.3) is 0 Å². The SMILES string of the molecule is CCOc1ccccc1NC(=O)C(CC)CNC. The first kappa shape index (κ1) is 14.5. The molecule has 2 N–H and O–H groups in total. The molecule has 4 heteroatoms. The van der Waals surface area contributed by atoms with Gasteiger partial charge in [0.2, 0.25) is 5.91 Å². The van der Waals surface area contributed by atoms with Crippen LogP contribution in [0.5, 0.6) is 5.75 Å². The third kappa shape index (κ3) is 4.04. The smallest absolute Gasteiger partial charge is 0.228 e. The lowest BCUT2D eigenvalue weighted by Gasteiger charge is -2.16. The topological polar surface area (TPSA) is 50.4 Å². The van der Waals surface area contributed by atoms with Crippen LogP contribution >= 0.6 is 0 Å². The average Bonchev–Trinajstić information content (AvgIpc) is 2.38. The van der Waals surface area contributed by atoms with Crippen LogP contribution in [0, 0.1) is 5.92 Å². The molecule has 0 radical (unpaired) electrons. The van der Waals surface area contributed by atoms with Crippen molar-refractivity contribution in [3.8, 4) is 5.75 Å². The number of hydrogen-bond donors (Lipinski definition) is 2. The lowest BCUT2D eigenvalue weighted by molar-refractivity contribution is -0.119. The van der Waals surface area contributed by atoms with Crippen molar-refractivity contribution >= 4 is 11.6 Å². The minimum Gasteiger partial charge on any atom is -0.492 e. The second-order valence-corrected chi connectivity index (χ2v) is 4.08. The highest BCUT2D eigenvalue weighted by Gasteiger charge is 2.16. The van der Waals surface area contributed by atoms with Gasteiger partial charge < -0.3 is 15.4 Å². The number of carbonyl (C=O) groups excluding carboxylic acids is 1. The molecule has 0 spiro atoms. The molecule has 0 saturated carbocycles. The third-order valence-corrected chi connectivity index (χ3v) is 2.76. The van der Waals surface area contributed by atoms with E-state index in [0.29, 0.717) is 18.9 Å². The van der Waals surface area contributed by atoms with Crippen molar-refractivity contribution in [2.24, 2.45) is 5.92 Å². The largest absolute Gasteiger partial charge is 0.492 e. The molecule has 0 saturated heterocycles. The molecular formula is C14H22N2O2. The van der Waals surface area contributed by atoms with Gasteiger partial charge in [0.15, 0.2) is 0 Å². The zero-order valence-electron chi connectivity index (χ0n) is 11.3. The molecule has 1 amide bonds. The molecule has 0 aliphatic carbocycles. The van der Waals surface area contributed by atoms with Crippen molar-refractivity contribution in [1.82, 2.24) is 5.32 Å². The van der Waals surface area contributed by atoms with Gasteiger partial charge in [-0.05, 0) is 32.5 Å². The zero-order chi connectivity index (χ0) is 13.4.